The van der Waals surface area contributed by atoms with E-state index in [-0.39, 0.29) is 11.7 Å². The van der Waals surface area contributed by atoms with Gasteiger partial charge in [-0.2, -0.15) is 0 Å². The third-order valence-electron chi connectivity index (χ3n) is 4.36. The molecule has 0 amide bonds. The molecule has 5 unspecified atom stereocenters. The molecule has 1 saturated heterocycles. The fourth-order valence-electron chi connectivity index (χ4n) is 2.79. The highest BCUT2D eigenvalue weighted by Gasteiger charge is 2.46. The molecule has 7 nitrogen and oxygen atoms in total. The number of rotatable bonds is 5. The van der Waals surface area contributed by atoms with Gasteiger partial charge in [-0.1, -0.05) is 39.8 Å². The maximum absolute atomic E-state index is 13.8. The van der Waals surface area contributed by atoms with Crippen molar-refractivity contribution in [2.24, 2.45) is 0 Å². The van der Waals surface area contributed by atoms with Gasteiger partial charge in [0.15, 0.2) is 6.17 Å². The Bertz CT molecular complexity index is 739. The minimum Gasteiger partial charge on any atom is -0.443 e. The molecule has 9 heteroatoms. The van der Waals surface area contributed by atoms with Crippen LogP contribution in [-0.4, -0.2) is 62.9 Å². The van der Waals surface area contributed by atoms with Gasteiger partial charge >= 0.3 is 0 Å². The summed E-state index contributed by atoms with van der Waals surface area (Å²) in [4.78, 5) is 0. The number of H-pyrrole nitrogens is 1. The first kappa shape index (κ1) is 26.0. The minimum atomic E-state index is -1.94. The molecule has 0 aliphatic carbocycles. The van der Waals surface area contributed by atoms with Gasteiger partial charge in [0.25, 0.3) is 0 Å². The Morgan fingerprint density at radius 3 is 2.27 bits per heavy atom. The number of aromatic amines is 1. The third-order valence-corrected chi connectivity index (χ3v) is 4.36. The van der Waals surface area contributed by atoms with Crippen molar-refractivity contribution in [2.75, 3.05) is 6.61 Å². The second kappa shape index (κ2) is 12.6. The van der Waals surface area contributed by atoms with E-state index in [0.717, 1.165) is 5.56 Å². The molecule has 0 saturated carbocycles. The summed E-state index contributed by atoms with van der Waals surface area (Å²) >= 11 is 0. The Kier molecular flexibility index (Phi) is 10.9. The van der Waals surface area contributed by atoms with Gasteiger partial charge in [-0.15, -0.1) is 5.10 Å². The van der Waals surface area contributed by atoms with Crippen molar-refractivity contribution in [3.8, 4) is 5.88 Å². The first-order valence-corrected chi connectivity index (χ1v) is 10.1. The Hall–Kier alpha value is -2.07. The molecule has 1 aliphatic rings. The Balaban J connectivity index is 0.00000106. The van der Waals surface area contributed by atoms with Crippen LogP contribution in [0.4, 0.5) is 8.78 Å². The smallest absolute Gasteiger partial charge is 0.238 e. The molecule has 1 aliphatic heterocycles. The van der Waals surface area contributed by atoms with Gasteiger partial charge in [-0.25, -0.2) is 8.78 Å². The molecule has 30 heavy (non-hydrogen) atoms. The standard InChI is InChI=1S/C17H20F2N2O5.2C2H6/c1-8-11(6-9-2-4-10(18)5-3-9)16(21-20-8)26-17-15(24)14(23)13(19)12(7-22)25-17;2*1-2/h2-5,12-15,17,22-24H,6-7H2,1H3,(H,20,21);2*1-2H3. The highest BCUT2D eigenvalue weighted by molar-refractivity contribution is 5.35. The summed E-state index contributed by atoms with van der Waals surface area (Å²) in [5, 5.41) is 35.7. The zero-order valence-electron chi connectivity index (χ0n) is 18.0. The minimum absolute atomic E-state index is 0.108. The number of benzene rings is 1. The molecule has 0 spiro atoms. The molecular weight excluding hydrogens is 398 g/mol. The second-order valence-corrected chi connectivity index (χ2v) is 6.20. The van der Waals surface area contributed by atoms with Crippen molar-refractivity contribution >= 4 is 0 Å². The van der Waals surface area contributed by atoms with Gasteiger partial charge in [-0.05, 0) is 24.6 Å². The van der Waals surface area contributed by atoms with Crippen LogP contribution in [0.5, 0.6) is 5.88 Å². The largest absolute Gasteiger partial charge is 0.443 e. The Morgan fingerprint density at radius 1 is 1.10 bits per heavy atom. The molecule has 2 heterocycles. The van der Waals surface area contributed by atoms with Crippen molar-refractivity contribution in [3.05, 3.63) is 46.9 Å². The lowest BCUT2D eigenvalue weighted by Crippen LogP contribution is -2.58. The highest BCUT2D eigenvalue weighted by atomic mass is 19.1. The first-order valence-electron chi connectivity index (χ1n) is 10.1. The molecule has 0 bridgehead atoms. The number of hydrogen-bond acceptors (Lipinski definition) is 6. The van der Waals surface area contributed by atoms with E-state index in [1.807, 2.05) is 27.7 Å². The van der Waals surface area contributed by atoms with Crippen LogP contribution >= 0.6 is 0 Å². The zero-order chi connectivity index (χ0) is 22.8. The van der Waals surface area contributed by atoms with Gasteiger partial charge in [0.2, 0.25) is 12.2 Å². The topological polar surface area (TPSA) is 108 Å². The highest BCUT2D eigenvalue weighted by Crippen LogP contribution is 2.28. The van der Waals surface area contributed by atoms with E-state index in [1.165, 1.54) is 12.1 Å². The van der Waals surface area contributed by atoms with Gasteiger partial charge in [0, 0.05) is 17.7 Å². The summed E-state index contributed by atoms with van der Waals surface area (Å²) in [5.74, 6) is -0.241. The molecule has 4 N–H and O–H groups in total. The Labute approximate surface area is 175 Å². The number of nitrogens with one attached hydrogen (secondary N) is 1. The van der Waals surface area contributed by atoms with Crippen molar-refractivity contribution in [1.29, 1.82) is 0 Å². The molecule has 0 radical (unpaired) electrons. The lowest BCUT2D eigenvalue weighted by molar-refractivity contribution is -0.265. The van der Waals surface area contributed by atoms with Crippen LogP contribution in [0.1, 0.15) is 44.5 Å². The van der Waals surface area contributed by atoms with Crippen LogP contribution in [0.15, 0.2) is 24.3 Å². The van der Waals surface area contributed by atoms with Crippen LogP contribution in [0.3, 0.4) is 0 Å². The number of ether oxygens (including phenoxy) is 2. The summed E-state index contributed by atoms with van der Waals surface area (Å²) in [6, 6.07) is 5.92. The van der Waals surface area contributed by atoms with E-state index >= 15 is 0 Å². The molecule has 170 valence electrons. The normalized spacial score (nSPS) is 25.5. The summed E-state index contributed by atoms with van der Waals surface area (Å²) in [7, 11) is 0. The summed E-state index contributed by atoms with van der Waals surface area (Å²) < 4.78 is 37.6. The maximum atomic E-state index is 13.8. The summed E-state index contributed by atoms with van der Waals surface area (Å²) in [6.45, 7) is 9.09. The average Bonchev–Trinajstić information content (AvgIpc) is 3.12. The molecule has 2 aromatic rings. The third kappa shape index (κ3) is 6.21. The van der Waals surface area contributed by atoms with Crippen LogP contribution in [0.2, 0.25) is 0 Å². The van der Waals surface area contributed by atoms with Gasteiger partial charge in [0.05, 0.1) is 6.61 Å². The molecule has 1 aromatic heterocycles. The first-order chi connectivity index (χ1) is 14.4. The lowest BCUT2D eigenvalue weighted by atomic mass is 10.0. The number of aromatic nitrogens is 2. The van der Waals surface area contributed by atoms with Crippen LogP contribution in [0, 0.1) is 12.7 Å². The van der Waals surface area contributed by atoms with E-state index in [1.54, 1.807) is 19.1 Å². The van der Waals surface area contributed by atoms with Gasteiger partial charge in [-0.3, -0.25) is 5.10 Å². The number of aliphatic hydroxyl groups is 3. The predicted octanol–water partition coefficient (Wildman–Crippen LogP) is 2.66. The van der Waals surface area contributed by atoms with Crippen molar-refractivity contribution in [3.63, 3.8) is 0 Å². The number of hydrogen-bond donors (Lipinski definition) is 4. The molecule has 1 fully saturated rings. The summed E-state index contributed by atoms with van der Waals surface area (Å²) in [6.07, 6.45) is -7.69. The van der Waals surface area contributed by atoms with Gasteiger partial charge in [0.1, 0.15) is 24.1 Å². The fraction of sp³-hybridized carbons (Fsp3) is 0.571. The number of halogens is 2. The molecule has 1 aromatic carbocycles. The molecular formula is C21H32F2N2O5. The van der Waals surface area contributed by atoms with Crippen molar-refractivity contribution < 1.29 is 33.6 Å². The number of aliphatic hydroxyl groups excluding tert-OH is 3. The van der Waals surface area contributed by atoms with E-state index in [4.69, 9.17) is 14.6 Å². The fourth-order valence-corrected chi connectivity index (χ4v) is 2.79. The Morgan fingerprint density at radius 2 is 1.70 bits per heavy atom. The summed E-state index contributed by atoms with van der Waals surface area (Å²) in [5.41, 5.74) is 2.14. The second-order valence-electron chi connectivity index (χ2n) is 6.20. The van der Waals surface area contributed by atoms with Crippen molar-refractivity contribution in [2.45, 2.75) is 71.8 Å². The molecule has 3 rings (SSSR count). The quantitative estimate of drug-likeness (QED) is 0.581. The maximum Gasteiger partial charge on any atom is 0.238 e. The zero-order valence-corrected chi connectivity index (χ0v) is 18.0. The lowest BCUT2D eigenvalue weighted by Gasteiger charge is -2.38. The van der Waals surface area contributed by atoms with E-state index in [0.29, 0.717) is 17.7 Å². The van der Waals surface area contributed by atoms with E-state index in [9.17, 15) is 19.0 Å². The van der Waals surface area contributed by atoms with Gasteiger partial charge < -0.3 is 24.8 Å². The van der Waals surface area contributed by atoms with E-state index < -0.39 is 37.4 Å². The predicted molar refractivity (Wildman–Crippen MR) is 109 cm³/mol. The monoisotopic (exact) mass is 430 g/mol. The van der Waals surface area contributed by atoms with E-state index in [2.05, 4.69) is 10.2 Å². The number of nitrogens with zero attached hydrogens (tertiary/aromatic N) is 1. The molecule has 5 atom stereocenters. The van der Waals surface area contributed by atoms with Crippen LogP contribution in [0.25, 0.3) is 0 Å². The SMILES string of the molecule is CC.CC.Cc1[nH]nc(OC2OC(CO)C(F)C(O)C2O)c1Cc1ccc(F)cc1. The van der Waals surface area contributed by atoms with Crippen LogP contribution in [-0.2, 0) is 11.2 Å². The van der Waals surface area contributed by atoms with Crippen LogP contribution < -0.4 is 4.74 Å². The van der Waals surface area contributed by atoms with Crippen molar-refractivity contribution in [1.82, 2.24) is 10.2 Å². The average molecular weight is 430 g/mol. The number of alkyl halides is 1. The number of aryl methyl sites for hydroxylation is 1.